The molecule has 1 unspecified atom stereocenters. The maximum atomic E-state index is 13.8. The van der Waals surface area contributed by atoms with Gasteiger partial charge in [-0.05, 0) is 43.9 Å². The molecule has 0 radical (unpaired) electrons. The SMILES string of the molecule is CCNC(=NCCCSC)NC1CCN(c2ncccc2F)C1. The molecule has 2 heterocycles. The molecule has 0 spiro atoms. The smallest absolute Gasteiger partial charge is 0.191 e. The highest BCUT2D eigenvalue weighted by Crippen LogP contribution is 2.20. The summed E-state index contributed by atoms with van der Waals surface area (Å²) in [5.74, 6) is 2.16. The summed E-state index contributed by atoms with van der Waals surface area (Å²) in [5.41, 5.74) is 0. The summed E-state index contributed by atoms with van der Waals surface area (Å²) in [7, 11) is 0. The van der Waals surface area contributed by atoms with Gasteiger partial charge in [-0.15, -0.1) is 0 Å². The largest absolute Gasteiger partial charge is 0.357 e. The summed E-state index contributed by atoms with van der Waals surface area (Å²) in [4.78, 5) is 10.7. The molecule has 23 heavy (non-hydrogen) atoms. The van der Waals surface area contributed by atoms with Gasteiger partial charge in [-0.25, -0.2) is 9.37 Å². The Morgan fingerprint density at radius 3 is 3.17 bits per heavy atom. The van der Waals surface area contributed by atoms with Crippen LogP contribution >= 0.6 is 11.8 Å². The number of hydrogen-bond acceptors (Lipinski definition) is 4. The molecule has 128 valence electrons. The van der Waals surface area contributed by atoms with Gasteiger partial charge in [0.25, 0.3) is 0 Å². The van der Waals surface area contributed by atoms with Crippen molar-refractivity contribution in [1.82, 2.24) is 15.6 Å². The topological polar surface area (TPSA) is 52.6 Å². The first-order chi connectivity index (χ1) is 11.2. The minimum Gasteiger partial charge on any atom is -0.357 e. The number of nitrogens with zero attached hydrogens (tertiary/aromatic N) is 3. The second kappa shape index (κ2) is 9.60. The highest BCUT2D eigenvalue weighted by Gasteiger charge is 2.25. The maximum Gasteiger partial charge on any atom is 0.191 e. The number of rotatable bonds is 7. The van der Waals surface area contributed by atoms with Gasteiger partial charge in [0.1, 0.15) is 0 Å². The van der Waals surface area contributed by atoms with Crippen LogP contribution in [0.1, 0.15) is 19.8 Å². The van der Waals surface area contributed by atoms with Gasteiger partial charge in [0.15, 0.2) is 17.6 Å². The zero-order chi connectivity index (χ0) is 16.5. The summed E-state index contributed by atoms with van der Waals surface area (Å²) in [6.45, 7) is 5.26. The Bertz CT molecular complexity index is 511. The van der Waals surface area contributed by atoms with E-state index in [4.69, 9.17) is 0 Å². The second-order valence-corrected chi connectivity index (χ2v) is 6.48. The van der Waals surface area contributed by atoms with Gasteiger partial charge in [-0.3, -0.25) is 4.99 Å². The molecule has 0 bridgehead atoms. The van der Waals surface area contributed by atoms with E-state index in [0.717, 1.165) is 50.7 Å². The van der Waals surface area contributed by atoms with Gasteiger partial charge in [0, 0.05) is 38.4 Å². The fourth-order valence-corrected chi connectivity index (χ4v) is 3.01. The molecule has 1 saturated heterocycles. The molecule has 0 amide bonds. The van der Waals surface area contributed by atoms with Crippen LogP contribution in [0.5, 0.6) is 0 Å². The molecule has 0 saturated carbocycles. The number of guanidine groups is 1. The monoisotopic (exact) mass is 339 g/mol. The summed E-state index contributed by atoms with van der Waals surface area (Å²) in [6, 6.07) is 3.34. The first-order valence-corrected chi connectivity index (χ1v) is 9.53. The lowest BCUT2D eigenvalue weighted by Gasteiger charge is -2.19. The standard InChI is InChI=1S/C16H26FN5S/c1-3-18-16(20-9-5-11-23-2)21-13-7-10-22(12-13)15-14(17)6-4-8-19-15/h4,6,8,13H,3,5,7,9-12H2,1-2H3,(H2,18,20,21). The van der Waals surface area contributed by atoms with Crippen LogP contribution < -0.4 is 15.5 Å². The Labute approximate surface area is 142 Å². The predicted molar refractivity (Wildman–Crippen MR) is 96.9 cm³/mol. The average molecular weight is 339 g/mol. The summed E-state index contributed by atoms with van der Waals surface area (Å²) < 4.78 is 13.8. The van der Waals surface area contributed by atoms with Crippen molar-refractivity contribution in [2.24, 2.45) is 4.99 Å². The number of thioether (sulfide) groups is 1. The van der Waals surface area contributed by atoms with E-state index in [1.807, 2.05) is 16.7 Å². The quantitative estimate of drug-likeness (QED) is 0.453. The van der Waals surface area contributed by atoms with Gasteiger partial charge in [0.05, 0.1) is 0 Å². The minimum absolute atomic E-state index is 0.259. The first kappa shape index (κ1) is 17.8. The van der Waals surface area contributed by atoms with Gasteiger partial charge >= 0.3 is 0 Å². The Morgan fingerprint density at radius 2 is 2.43 bits per heavy atom. The normalized spacial score (nSPS) is 18.3. The number of pyridine rings is 1. The number of nitrogens with one attached hydrogen (secondary N) is 2. The van der Waals surface area contributed by atoms with Crippen molar-refractivity contribution >= 4 is 23.5 Å². The van der Waals surface area contributed by atoms with E-state index in [-0.39, 0.29) is 11.9 Å². The lowest BCUT2D eigenvalue weighted by Crippen LogP contribution is -2.44. The van der Waals surface area contributed by atoms with Crippen LogP contribution in [-0.4, -0.2) is 55.2 Å². The summed E-state index contributed by atoms with van der Waals surface area (Å²) in [5, 5.41) is 6.73. The van der Waals surface area contributed by atoms with E-state index in [1.54, 1.807) is 12.3 Å². The average Bonchev–Trinajstić information content (AvgIpc) is 3.00. The van der Waals surface area contributed by atoms with Crippen LogP contribution in [0.3, 0.4) is 0 Å². The molecule has 1 aliphatic rings. The Balaban J connectivity index is 1.88. The van der Waals surface area contributed by atoms with E-state index in [1.165, 1.54) is 6.07 Å². The minimum atomic E-state index is -0.259. The van der Waals surface area contributed by atoms with Crippen LogP contribution in [0.2, 0.25) is 0 Å². The zero-order valence-corrected chi connectivity index (χ0v) is 14.7. The molecule has 1 aromatic rings. The molecule has 1 aromatic heterocycles. The second-order valence-electron chi connectivity index (χ2n) is 5.49. The number of aromatic nitrogens is 1. The molecule has 7 heteroatoms. The highest BCUT2D eigenvalue weighted by atomic mass is 32.2. The van der Waals surface area contributed by atoms with Crippen LogP contribution in [0, 0.1) is 5.82 Å². The number of anilines is 1. The predicted octanol–water partition coefficient (Wildman–Crippen LogP) is 2.11. The van der Waals surface area contributed by atoms with Crippen LogP contribution in [0.4, 0.5) is 10.2 Å². The van der Waals surface area contributed by atoms with Crippen molar-refractivity contribution < 1.29 is 4.39 Å². The van der Waals surface area contributed by atoms with Crippen molar-refractivity contribution in [3.05, 3.63) is 24.1 Å². The van der Waals surface area contributed by atoms with Crippen LogP contribution in [-0.2, 0) is 0 Å². The summed E-state index contributed by atoms with van der Waals surface area (Å²) in [6.07, 6.45) is 5.77. The van der Waals surface area contributed by atoms with E-state index < -0.39 is 0 Å². The third-order valence-corrected chi connectivity index (χ3v) is 4.39. The van der Waals surface area contributed by atoms with Crippen molar-refractivity contribution in [3.8, 4) is 0 Å². The molecule has 2 N–H and O–H groups in total. The van der Waals surface area contributed by atoms with E-state index in [0.29, 0.717) is 5.82 Å². The van der Waals surface area contributed by atoms with Gasteiger partial charge < -0.3 is 15.5 Å². The molecular weight excluding hydrogens is 313 g/mol. The molecule has 5 nitrogen and oxygen atoms in total. The van der Waals surface area contributed by atoms with Crippen LogP contribution in [0.15, 0.2) is 23.3 Å². The van der Waals surface area contributed by atoms with Crippen molar-refractivity contribution in [2.75, 3.05) is 43.1 Å². The number of hydrogen-bond donors (Lipinski definition) is 2. The van der Waals surface area contributed by atoms with E-state index in [2.05, 4.69) is 33.8 Å². The summed E-state index contributed by atoms with van der Waals surface area (Å²) >= 11 is 1.84. The third kappa shape index (κ3) is 5.57. The van der Waals surface area contributed by atoms with E-state index >= 15 is 0 Å². The van der Waals surface area contributed by atoms with Gasteiger partial charge in [-0.2, -0.15) is 11.8 Å². The first-order valence-electron chi connectivity index (χ1n) is 8.13. The van der Waals surface area contributed by atoms with Crippen molar-refractivity contribution in [3.63, 3.8) is 0 Å². The molecule has 0 aromatic carbocycles. The van der Waals surface area contributed by atoms with Crippen molar-refractivity contribution in [1.29, 1.82) is 0 Å². The molecule has 1 aliphatic heterocycles. The zero-order valence-electron chi connectivity index (χ0n) is 13.9. The lowest BCUT2D eigenvalue weighted by molar-refractivity contribution is 0.612. The van der Waals surface area contributed by atoms with Crippen molar-refractivity contribution in [2.45, 2.75) is 25.8 Å². The molecule has 2 rings (SSSR count). The van der Waals surface area contributed by atoms with E-state index in [9.17, 15) is 4.39 Å². The fraction of sp³-hybridized carbons (Fsp3) is 0.625. The molecule has 1 fully saturated rings. The maximum absolute atomic E-state index is 13.8. The van der Waals surface area contributed by atoms with Gasteiger partial charge in [0.2, 0.25) is 0 Å². The number of halogens is 1. The third-order valence-electron chi connectivity index (χ3n) is 3.69. The fourth-order valence-electron chi connectivity index (χ4n) is 2.59. The Morgan fingerprint density at radius 1 is 1.57 bits per heavy atom. The van der Waals surface area contributed by atoms with Gasteiger partial charge in [-0.1, -0.05) is 0 Å². The Hall–Kier alpha value is -1.50. The highest BCUT2D eigenvalue weighted by molar-refractivity contribution is 7.98. The Kier molecular flexibility index (Phi) is 7.45. The molecular formula is C16H26FN5S. The molecule has 1 atom stereocenters. The lowest BCUT2D eigenvalue weighted by atomic mass is 10.3. The number of aliphatic imine (C=N–C) groups is 1. The van der Waals surface area contributed by atoms with Crippen LogP contribution in [0.25, 0.3) is 0 Å². The molecule has 0 aliphatic carbocycles.